The first-order chi connectivity index (χ1) is 13.3. The molecule has 0 atom stereocenters. The van der Waals surface area contributed by atoms with Gasteiger partial charge in [-0.3, -0.25) is 4.90 Å². The van der Waals surface area contributed by atoms with Gasteiger partial charge in [-0.1, -0.05) is 30.3 Å². The van der Waals surface area contributed by atoms with Crippen molar-refractivity contribution in [2.24, 2.45) is 0 Å². The fourth-order valence-electron chi connectivity index (χ4n) is 3.14. The summed E-state index contributed by atoms with van der Waals surface area (Å²) in [5.74, 6) is 0.932. The maximum Gasteiger partial charge on any atom is 0.249 e. The molecule has 0 amide bonds. The summed E-state index contributed by atoms with van der Waals surface area (Å²) in [6, 6.07) is 16.6. The zero-order valence-electron chi connectivity index (χ0n) is 14.9. The molecule has 7 heteroatoms. The number of aromatic nitrogens is 3. The molecule has 0 radical (unpaired) electrons. The van der Waals surface area contributed by atoms with Gasteiger partial charge < -0.3 is 10.2 Å². The molecular weight excluding hydrogens is 343 g/mol. The molecule has 1 aromatic heterocycles. The van der Waals surface area contributed by atoms with E-state index in [1.165, 1.54) is 17.7 Å². The van der Waals surface area contributed by atoms with Crippen molar-refractivity contribution < 1.29 is 4.39 Å². The highest BCUT2D eigenvalue weighted by Gasteiger charge is 2.19. The average molecular weight is 364 g/mol. The number of hydrogen-bond donors (Lipinski definition) is 1. The van der Waals surface area contributed by atoms with E-state index in [-0.39, 0.29) is 5.82 Å². The summed E-state index contributed by atoms with van der Waals surface area (Å²) >= 11 is 0. The topological polar surface area (TPSA) is 57.2 Å². The number of benzene rings is 2. The Morgan fingerprint density at radius 2 is 1.67 bits per heavy atom. The SMILES string of the molecule is Fc1ccc(Nc2nncc(N3CCN(Cc4ccccc4)CC3)n2)cc1. The second-order valence-corrected chi connectivity index (χ2v) is 6.52. The number of nitrogens with zero attached hydrogens (tertiary/aromatic N) is 5. The number of nitrogens with one attached hydrogen (secondary N) is 1. The van der Waals surface area contributed by atoms with E-state index >= 15 is 0 Å². The second-order valence-electron chi connectivity index (χ2n) is 6.52. The first kappa shape index (κ1) is 17.4. The standard InChI is InChI=1S/C20H21FN6/c21-17-6-8-18(9-7-17)23-20-24-19(14-22-25-20)27-12-10-26(11-13-27)15-16-4-2-1-3-5-16/h1-9,14H,10-13,15H2,(H,23,24,25). The zero-order chi connectivity index (χ0) is 18.5. The van der Waals surface area contributed by atoms with E-state index in [0.29, 0.717) is 5.95 Å². The van der Waals surface area contributed by atoms with Gasteiger partial charge in [-0.2, -0.15) is 10.1 Å². The Balaban J connectivity index is 1.36. The van der Waals surface area contributed by atoms with Crippen LogP contribution in [0.4, 0.5) is 21.8 Å². The molecule has 0 spiro atoms. The van der Waals surface area contributed by atoms with Crippen LogP contribution in [0.1, 0.15) is 5.56 Å². The van der Waals surface area contributed by atoms with Crippen molar-refractivity contribution in [1.82, 2.24) is 20.1 Å². The highest BCUT2D eigenvalue weighted by atomic mass is 19.1. The minimum atomic E-state index is -0.276. The molecule has 3 aromatic rings. The Morgan fingerprint density at radius 3 is 2.41 bits per heavy atom. The summed E-state index contributed by atoms with van der Waals surface area (Å²) in [5, 5.41) is 11.1. The normalized spacial score (nSPS) is 14.9. The van der Waals surface area contributed by atoms with Gasteiger partial charge in [0.15, 0.2) is 5.82 Å². The fourth-order valence-corrected chi connectivity index (χ4v) is 3.14. The molecule has 1 fully saturated rings. The molecule has 138 valence electrons. The van der Waals surface area contributed by atoms with Crippen LogP contribution in [0.15, 0.2) is 60.8 Å². The lowest BCUT2D eigenvalue weighted by Crippen LogP contribution is -2.46. The number of piperazine rings is 1. The molecule has 1 aliphatic heterocycles. The Hall–Kier alpha value is -3.06. The molecule has 0 unspecified atom stereocenters. The van der Waals surface area contributed by atoms with E-state index in [1.54, 1.807) is 18.3 Å². The van der Waals surface area contributed by atoms with Crippen LogP contribution in [0.3, 0.4) is 0 Å². The number of rotatable bonds is 5. The van der Waals surface area contributed by atoms with Crippen molar-refractivity contribution in [2.75, 3.05) is 36.4 Å². The predicted octanol–water partition coefficient (Wildman–Crippen LogP) is 3.08. The van der Waals surface area contributed by atoms with Gasteiger partial charge in [-0.25, -0.2) is 4.39 Å². The van der Waals surface area contributed by atoms with Crippen LogP contribution in [-0.2, 0) is 6.54 Å². The highest BCUT2D eigenvalue weighted by molar-refractivity contribution is 5.54. The summed E-state index contributed by atoms with van der Waals surface area (Å²) < 4.78 is 13.0. The maximum atomic E-state index is 13.0. The largest absolute Gasteiger partial charge is 0.353 e. The van der Waals surface area contributed by atoms with Crippen LogP contribution >= 0.6 is 0 Å². The molecule has 0 saturated carbocycles. The summed E-state index contributed by atoms with van der Waals surface area (Å²) in [7, 11) is 0. The minimum Gasteiger partial charge on any atom is -0.353 e. The van der Waals surface area contributed by atoms with Gasteiger partial charge in [-0.15, -0.1) is 5.10 Å². The second kappa shape index (κ2) is 8.09. The Bertz CT molecular complexity index is 863. The van der Waals surface area contributed by atoms with Gasteiger partial charge in [0.05, 0.1) is 6.20 Å². The van der Waals surface area contributed by atoms with Crippen LogP contribution in [0.2, 0.25) is 0 Å². The van der Waals surface area contributed by atoms with Gasteiger partial charge in [0.25, 0.3) is 0 Å². The van der Waals surface area contributed by atoms with Crippen LogP contribution in [0.25, 0.3) is 0 Å². The van der Waals surface area contributed by atoms with E-state index in [2.05, 4.69) is 54.6 Å². The summed E-state index contributed by atoms with van der Waals surface area (Å²) in [5.41, 5.74) is 2.06. The van der Waals surface area contributed by atoms with Gasteiger partial charge in [-0.05, 0) is 29.8 Å². The van der Waals surface area contributed by atoms with Gasteiger partial charge in [0.2, 0.25) is 5.95 Å². The lowest BCUT2D eigenvalue weighted by molar-refractivity contribution is 0.249. The fraction of sp³-hybridized carbons (Fsp3) is 0.250. The molecule has 6 nitrogen and oxygen atoms in total. The van der Waals surface area contributed by atoms with Gasteiger partial charge in [0.1, 0.15) is 5.82 Å². The van der Waals surface area contributed by atoms with E-state index in [9.17, 15) is 4.39 Å². The molecule has 0 aliphatic carbocycles. The van der Waals surface area contributed by atoms with Crippen LogP contribution < -0.4 is 10.2 Å². The monoisotopic (exact) mass is 364 g/mol. The van der Waals surface area contributed by atoms with Gasteiger partial charge >= 0.3 is 0 Å². The van der Waals surface area contributed by atoms with E-state index in [4.69, 9.17) is 0 Å². The molecule has 1 saturated heterocycles. The van der Waals surface area contributed by atoms with E-state index in [1.807, 2.05) is 6.07 Å². The third-order valence-corrected chi connectivity index (χ3v) is 4.59. The molecule has 27 heavy (non-hydrogen) atoms. The van der Waals surface area contributed by atoms with E-state index < -0.39 is 0 Å². The summed E-state index contributed by atoms with van der Waals surface area (Å²) in [6.45, 7) is 4.69. The van der Waals surface area contributed by atoms with Crippen molar-refractivity contribution in [3.63, 3.8) is 0 Å². The van der Waals surface area contributed by atoms with Crippen molar-refractivity contribution in [3.8, 4) is 0 Å². The number of halogens is 1. The number of hydrogen-bond acceptors (Lipinski definition) is 6. The van der Waals surface area contributed by atoms with Crippen LogP contribution in [0.5, 0.6) is 0 Å². The third-order valence-electron chi connectivity index (χ3n) is 4.59. The van der Waals surface area contributed by atoms with Crippen molar-refractivity contribution in [3.05, 3.63) is 72.2 Å². The minimum absolute atomic E-state index is 0.276. The zero-order valence-corrected chi connectivity index (χ0v) is 14.9. The quantitative estimate of drug-likeness (QED) is 0.751. The molecule has 2 heterocycles. The lowest BCUT2D eigenvalue weighted by atomic mass is 10.2. The molecule has 1 aliphatic rings. The average Bonchev–Trinajstić information content (AvgIpc) is 2.71. The van der Waals surface area contributed by atoms with Crippen molar-refractivity contribution >= 4 is 17.5 Å². The van der Waals surface area contributed by atoms with Crippen LogP contribution in [0, 0.1) is 5.82 Å². The van der Waals surface area contributed by atoms with Crippen molar-refractivity contribution in [1.29, 1.82) is 0 Å². The van der Waals surface area contributed by atoms with Gasteiger partial charge in [0, 0.05) is 38.4 Å². The summed E-state index contributed by atoms with van der Waals surface area (Å²) in [6.07, 6.45) is 1.68. The predicted molar refractivity (Wildman–Crippen MR) is 103 cm³/mol. The maximum absolute atomic E-state index is 13.0. The highest BCUT2D eigenvalue weighted by Crippen LogP contribution is 2.18. The van der Waals surface area contributed by atoms with Crippen LogP contribution in [-0.4, -0.2) is 46.3 Å². The smallest absolute Gasteiger partial charge is 0.249 e. The Kier molecular flexibility index (Phi) is 5.20. The Morgan fingerprint density at radius 1 is 0.926 bits per heavy atom. The first-order valence-electron chi connectivity index (χ1n) is 9.00. The molecule has 4 rings (SSSR count). The third kappa shape index (κ3) is 4.57. The molecule has 0 bridgehead atoms. The number of anilines is 3. The van der Waals surface area contributed by atoms with E-state index in [0.717, 1.165) is 44.2 Å². The molecule has 2 aromatic carbocycles. The van der Waals surface area contributed by atoms with Crippen molar-refractivity contribution in [2.45, 2.75) is 6.54 Å². The lowest BCUT2D eigenvalue weighted by Gasteiger charge is -2.35. The molecule has 1 N–H and O–H groups in total. The first-order valence-corrected chi connectivity index (χ1v) is 9.00. The summed E-state index contributed by atoms with van der Waals surface area (Å²) in [4.78, 5) is 9.21. The Labute approximate surface area is 157 Å². The molecular formula is C20H21FN6.